The fourth-order valence-electron chi connectivity index (χ4n) is 2.43. The van der Waals surface area contributed by atoms with Gasteiger partial charge in [-0.3, -0.25) is 0 Å². The van der Waals surface area contributed by atoms with E-state index < -0.39 is 0 Å². The van der Waals surface area contributed by atoms with Crippen molar-refractivity contribution in [2.24, 2.45) is 0 Å². The van der Waals surface area contributed by atoms with Gasteiger partial charge >= 0.3 is 0 Å². The Morgan fingerprint density at radius 3 is 2.37 bits per heavy atom. The van der Waals surface area contributed by atoms with Crippen LogP contribution in [-0.2, 0) is 0 Å². The largest absolute Gasteiger partial charge is 0.310 e. The molecular weight excluding hydrogens is 252 g/mol. The summed E-state index contributed by atoms with van der Waals surface area (Å²) in [5.41, 5.74) is 4.97. The van der Waals surface area contributed by atoms with E-state index in [0.29, 0.717) is 6.04 Å². The molecule has 0 amide bonds. The van der Waals surface area contributed by atoms with Crippen molar-refractivity contribution in [2.45, 2.75) is 40.7 Å². The Balaban J connectivity index is 2.38. The van der Waals surface area contributed by atoms with Gasteiger partial charge in [0.05, 0.1) is 5.69 Å². The maximum atomic E-state index is 4.74. The second-order valence-corrected chi connectivity index (χ2v) is 6.16. The van der Waals surface area contributed by atoms with Crippen LogP contribution in [0.2, 0.25) is 0 Å². The number of hydrogen-bond donors (Lipinski definition) is 1. The fourth-order valence-corrected chi connectivity index (χ4v) is 3.51. The Morgan fingerprint density at radius 2 is 1.79 bits per heavy atom. The lowest BCUT2D eigenvalue weighted by Gasteiger charge is -2.09. The topological polar surface area (TPSA) is 24.9 Å². The summed E-state index contributed by atoms with van der Waals surface area (Å²) in [6, 6.07) is 7.01. The van der Waals surface area contributed by atoms with Crippen molar-refractivity contribution in [1.29, 1.82) is 0 Å². The molecular formula is C16H22N2S. The highest BCUT2D eigenvalue weighted by Gasteiger charge is 2.14. The second kappa shape index (κ2) is 5.85. The third kappa shape index (κ3) is 3.23. The summed E-state index contributed by atoms with van der Waals surface area (Å²) in [6.45, 7) is 11.7. The molecule has 3 heteroatoms. The van der Waals surface area contributed by atoms with Gasteiger partial charge in [-0.2, -0.15) is 0 Å². The van der Waals surface area contributed by atoms with Crippen LogP contribution in [0.25, 0.3) is 10.6 Å². The van der Waals surface area contributed by atoms with Crippen molar-refractivity contribution in [3.05, 3.63) is 39.9 Å². The quantitative estimate of drug-likeness (QED) is 0.893. The molecule has 0 bridgehead atoms. The van der Waals surface area contributed by atoms with Gasteiger partial charge in [0.2, 0.25) is 0 Å². The highest BCUT2D eigenvalue weighted by molar-refractivity contribution is 7.15. The van der Waals surface area contributed by atoms with Gasteiger partial charge < -0.3 is 5.32 Å². The maximum Gasteiger partial charge on any atom is 0.123 e. The summed E-state index contributed by atoms with van der Waals surface area (Å²) >= 11 is 1.80. The summed E-state index contributed by atoms with van der Waals surface area (Å²) in [5.74, 6) is 0. The van der Waals surface area contributed by atoms with Crippen LogP contribution in [0.4, 0.5) is 0 Å². The average molecular weight is 274 g/mol. The molecule has 0 fully saturated rings. The van der Waals surface area contributed by atoms with Gasteiger partial charge in [0.1, 0.15) is 5.01 Å². The van der Waals surface area contributed by atoms with Gasteiger partial charge in [-0.05, 0) is 46.4 Å². The predicted octanol–water partition coefficient (Wildman–Crippen LogP) is 4.41. The summed E-state index contributed by atoms with van der Waals surface area (Å²) in [7, 11) is 0. The zero-order valence-corrected chi connectivity index (χ0v) is 13.2. The Morgan fingerprint density at radius 1 is 1.16 bits per heavy atom. The molecule has 19 heavy (non-hydrogen) atoms. The van der Waals surface area contributed by atoms with Crippen LogP contribution in [0.15, 0.2) is 18.2 Å². The molecule has 1 aromatic heterocycles. The molecule has 0 radical (unpaired) electrons. The molecule has 0 aliphatic rings. The van der Waals surface area contributed by atoms with E-state index in [9.17, 15) is 0 Å². The number of nitrogens with one attached hydrogen (secondary N) is 1. The standard InChI is InChI=1S/C16H22N2S/c1-6-17-12(4)15-13(5)18-16(19-15)14-8-10(2)7-11(3)9-14/h7-9,12,17H,6H2,1-5H3. The average Bonchev–Trinajstić information content (AvgIpc) is 2.70. The van der Waals surface area contributed by atoms with Gasteiger partial charge in [0, 0.05) is 16.5 Å². The SMILES string of the molecule is CCNC(C)c1sc(-c2cc(C)cc(C)c2)nc1C. The van der Waals surface area contributed by atoms with Crippen molar-refractivity contribution in [3.8, 4) is 10.6 Å². The number of aryl methyl sites for hydroxylation is 3. The van der Waals surface area contributed by atoms with Crippen molar-refractivity contribution < 1.29 is 0 Å². The van der Waals surface area contributed by atoms with Gasteiger partial charge in [-0.25, -0.2) is 4.98 Å². The molecule has 1 N–H and O–H groups in total. The van der Waals surface area contributed by atoms with Crippen molar-refractivity contribution in [3.63, 3.8) is 0 Å². The number of rotatable bonds is 4. The van der Waals surface area contributed by atoms with E-state index in [-0.39, 0.29) is 0 Å². The molecule has 2 aromatic rings. The molecule has 0 aliphatic heterocycles. The minimum Gasteiger partial charge on any atom is -0.310 e. The van der Waals surface area contributed by atoms with Crippen molar-refractivity contribution in [2.75, 3.05) is 6.54 Å². The first kappa shape index (κ1) is 14.2. The molecule has 1 aromatic carbocycles. The van der Waals surface area contributed by atoms with E-state index in [0.717, 1.165) is 17.2 Å². The lowest BCUT2D eigenvalue weighted by atomic mass is 10.1. The molecule has 1 atom stereocenters. The van der Waals surface area contributed by atoms with Gasteiger partial charge in [-0.15, -0.1) is 11.3 Å². The highest BCUT2D eigenvalue weighted by atomic mass is 32.1. The predicted molar refractivity (Wildman–Crippen MR) is 83.9 cm³/mol. The summed E-state index contributed by atoms with van der Waals surface area (Å²) in [6.07, 6.45) is 0. The lowest BCUT2D eigenvalue weighted by Crippen LogP contribution is -2.17. The Bertz CT molecular complexity index is 552. The van der Waals surface area contributed by atoms with Gasteiger partial charge in [0.25, 0.3) is 0 Å². The van der Waals surface area contributed by atoms with Gasteiger partial charge in [0.15, 0.2) is 0 Å². The smallest absolute Gasteiger partial charge is 0.123 e. The third-order valence-electron chi connectivity index (χ3n) is 3.20. The van der Waals surface area contributed by atoms with Crippen molar-refractivity contribution >= 4 is 11.3 Å². The summed E-state index contributed by atoms with van der Waals surface area (Å²) in [4.78, 5) is 6.09. The molecule has 0 spiro atoms. The number of nitrogens with zero attached hydrogens (tertiary/aromatic N) is 1. The number of aromatic nitrogens is 1. The van der Waals surface area contributed by atoms with Crippen LogP contribution in [0, 0.1) is 20.8 Å². The first-order chi connectivity index (χ1) is 9.01. The normalized spacial score (nSPS) is 12.7. The summed E-state index contributed by atoms with van der Waals surface area (Å²) in [5, 5.41) is 4.59. The molecule has 2 nitrogen and oxygen atoms in total. The monoisotopic (exact) mass is 274 g/mol. The van der Waals surface area contributed by atoms with E-state index >= 15 is 0 Å². The second-order valence-electron chi connectivity index (χ2n) is 5.12. The van der Waals surface area contributed by atoms with E-state index in [4.69, 9.17) is 4.98 Å². The van der Waals surface area contributed by atoms with E-state index in [2.05, 4.69) is 58.1 Å². The molecule has 1 heterocycles. The Labute approximate surface area is 119 Å². The number of hydrogen-bond acceptors (Lipinski definition) is 3. The minimum atomic E-state index is 0.377. The zero-order valence-electron chi connectivity index (χ0n) is 12.4. The number of benzene rings is 1. The molecule has 102 valence electrons. The van der Waals surface area contributed by atoms with Crippen LogP contribution in [-0.4, -0.2) is 11.5 Å². The van der Waals surface area contributed by atoms with Crippen LogP contribution in [0.1, 0.15) is 41.6 Å². The van der Waals surface area contributed by atoms with E-state index in [1.807, 2.05) is 0 Å². The summed E-state index contributed by atoms with van der Waals surface area (Å²) < 4.78 is 0. The fraction of sp³-hybridized carbons (Fsp3) is 0.438. The van der Waals surface area contributed by atoms with Crippen LogP contribution >= 0.6 is 11.3 Å². The van der Waals surface area contributed by atoms with Crippen molar-refractivity contribution in [1.82, 2.24) is 10.3 Å². The molecule has 0 saturated carbocycles. The van der Waals surface area contributed by atoms with Crippen LogP contribution in [0.5, 0.6) is 0 Å². The first-order valence-corrected chi connectivity index (χ1v) is 7.62. The maximum absolute atomic E-state index is 4.74. The van der Waals surface area contributed by atoms with E-state index in [1.165, 1.54) is 21.6 Å². The number of thiazole rings is 1. The first-order valence-electron chi connectivity index (χ1n) is 6.80. The molecule has 0 aliphatic carbocycles. The lowest BCUT2D eigenvalue weighted by molar-refractivity contribution is 0.603. The third-order valence-corrected chi connectivity index (χ3v) is 4.59. The highest BCUT2D eigenvalue weighted by Crippen LogP contribution is 2.32. The van der Waals surface area contributed by atoms with Crippen LogP contribution in [0.3, 0.4) is 0 Å². The van der Waals surface area contributed by atoms with Crippen LogP contribution < -0.4 is 5.32 Å². The van der Waals surface area contributed by atoms with Gasteiger partial charge in [-0.1, -0.05) is 24.1 Å². The molecule has 1 unspecified atom stereocenters. The zero-order chi connectivity index (χ0) is 14.0. The molecule has 2 rings (SSSR count). The Hall–Kier alpha value is -1.19. The minimum absolute atomic E-state index is 0.377. The Kier molecular flexibility index (Phi) is 4.38. The molecule has 0 saturated heterocycles. The van der Waals surface area contributed by atoms with E-state index in [1.54, 1.807) is 11.3 Å².